The van der Waals surface area contributed by atoms with Gasteiger partial charge in [-0.25, -0.2) is 0 Å². The van der Waals surface area contributed by atoms with Crippen molar-refractivity contribution in [3.05, 3.63) is 35.9 Å². The minimum absolute atomic E-state index is 0. The highest BCUT2D eigenvalue weighted by Crippen LogP contribution is 2.49. The molecule has 1 rings (SSSR count). The van der Waals surface area contributed by atoms with Crippen LogP contribution in [0.1, 0.15) is 5.56 Å². The first-order valence-electron chi connectivity index (χ1n) is 3.92. The fourth-order valence-corrected chi connectivity index (χ4v) is 2.44. The van der Waals surface area contributed by atoms with Crippen LogP contribution in [0.5, 0.6) is 0 Å². The molecule has 1 aromatic rings. The van der Waals surface area contributed by atoms with Crippen LogP contribution in [0.15, 0.2) is 30.3 Å². The van der Waals surface area contributed by atoms with Crippen LogP contribution in [0.25, 0.3) is 0 Å². The van der Waals surface area contributed by atoms with Crippen LogP contribution < -0.4 is 0 Å². The topological polar surface area (TPSA) is 0 Å². The fraction of sp³-hybridized carbons (Fsp3) is 0.400. The number of halogens is 1. The Bertz CT molecular complexity index is 213. The first-order chi connectivity index (χ1) is 5.08. The fourth-order valence-electron chi connectivity index (χ4n) is 1.13. The Balaban J connectivity index is 0.00000121. The molecule has 2 heteroatoms. The van der Waals surface area contributed by atoms with E-state index in [0.717, 1.165) is 0 Å². The normalized spacial score (nSPS) is 10.6. The Kier molecular flexibility index (Phi) is 4.82. The number of hydrogen-bond acceptors (Lipinski definition) is 0. The highest BCUT2D eigenvalue weighted by molar-refractivity contribution is 7.72. The van der Waals surface area contributed by atoms with Crippen molar-refractivity contribution in [1.29, 1.82) is 0 Å². The Hall–Kier alpha value is -0.0600. The largest absolute Gasteiger partial charge is 0.147 e. The molecule has 0 aromatic heterocycles. The number of rotatable bonds is 2. The van der Waals surface area contributed by atoms with Crippen molar-refractivity contribution >= 4 is 19.7 Å². The molecule has 0 unspecified atom stereocenters. The van der Waals surface area contributed by atoms with Crippen LogP contribution in [-0.2, 0) is 6.16 Å². The van der Waals surface area contributed by atoms with Crippen molar-refractivity contribution in [2.75, 3.05) is 20.0 Å². The van der Waals surface area contributed by atoms with Gasteiger partial charge >= 0.3 is 0 Å². The molecule has 0 aliphatic rings. The molecule has 0 saturated heterocycles. The van der Waals surface area contributed by atoms with Gasteiger partial charge in [0, 0.05) is 0 Å². The first kappa shape index (κ1) is 11.9. The van der Waals surface area contributed by atoms with E-state index in [1.54, 1.807) is 0 Å². The van der Waals surface area contributed by atoms with Crippen LogP contribution in [-0.4, -0.2) is 20.0 Å². The van der Waals surface area contributed by atoms with Gasteiger partial charge in [0.2, 0.25) is 0 Å². The zero-order valence-electron chi connectivity index (χ0n) is 7.95. The maximum absolute atomic E-state index is 2.38. The molecule has 0 N–H and O–H groups in total. The molecule has 0 amide bonds. The molecule has 0 bridgehead atoms. The Morgan fingerprint density at radius 3 is 1.92 bits per heavy atom. The van der Waals surface area contributed by atoms with Crippen molar-refractivity contribution in [3.63, 3.8) is 0 Å². The van der Waals surface area contributed by atoms with Gasteiger partial charge in [0.25, 0.3) is 0 Å². The molecule has 0 atom stereocenters. The second-order valence-corrected chi connectivity index (χ2v) is 8.83. The number of hydrogen-bond donors (Lipinski definition) is 0. The van der Waals surface area contributed by atoms with E-state index in [9.17, 15) is 0 Å². The standard InChI is InChI=1S/C10H16P.ClH/c1-11(2,3)9-10-7-5-4-6-8-10;/h4-8H,9H2,1-3H3;1H. The molecule has 1 radical (unpaired) electrons. The number of benzene rings is 1. The van der Waals surface area contributed by atoms with Crippen LogP contribution >= 0.6 is 19.7 Å². The molecular weight excluding hydrogens is 187 g/mol. The molecular formula is C10H17ClP. The summed E-state index contributed by atoms with van der Waals surface area (Å²) in [4.78, 5) is 0. The second-order valence-electron chi connectivity index (χ2n) is 3.93. The van der Waals surface area contributed by atoms with Gasteiger partial charge in [-0.2, -0.15) is 0 Å². The molecule has 0 fully saturated rings. The van der Waals surface area contributed by atoms with Crippen LogP contribution in [0.3, 0.4) is 0 Å². The molecule has 69 valence electrons. The average Bonchev–Trinajstić information content (AvgIpc) is 1.85. The lowest BCUT2D eigenvalue weighted by molar-refractivity contribution is 1.38. The summed E-state index contributed by atoms with van der Waals surface area (Å²) in [5, 5.41) is 0. The summed E-state index contributed by atoms with van der Waals surface area (Å²) in [6, 6.07) is 10.7. The minimum atomic E-state index is -0.638. The highest BCUT2D eigenvalue weighted by atomic mass is 35.5. The highest BCUT2D eigenvalue weighted by Gasteiger charge is 2.06. The van der Waals surface area contributed by atoms with Crippen molar-refractivity contribution in [2.24, 2.45) is 0 Å². The zero-order valence-corrected chi connectivity index (χ0v) is 9.66. The SMILES string of the molecule is C[P](C)(C)Cc1ccccc1.Cl. The molecule has 12 heavy (non-hydrogen) atoms. The maximum atomic E-state index is 2.38. The van der Waals surface area contributed by atoms with Gasteiger partial charge in [0.15, 0.2) is 0 Å². The zero-order chi connectivity index (χ0) is 8.32. The predicted octanol–water partition coefficient (Wildman–Crippen LogP) is 3.52. The van der Waals surface area contributed by atoms with Crippen molar-refractivity contribution in [2.45, 2.75) is 6.16 Å². The summed E-state index contributed by atoms with van der Waals surface area (Å²) in [6.45, 7) is 7.12. The van der Waals surface area contributed by atoms with Gasteiger partial charge in [-0.15, -0.1) is 19.7 Å². The molecule has 1 aromatic carbocycles. The molecule has 0 aliphatic carbocycles. The van der Waals surface area contributed by atoms with Crippen LogP contribution in [0, 0.1) is 0 Å². The third kappa shape index (κ3) is 4.74. The maximum Gasteiger partial charge on any atom is -0.0114 e. The third-order valence-electron chi connectivity index (χ3n) is 1.50. The molecule has 0 saturated carbocycles. The van der Waals surface area contributed by atoms with Crippen molar-refractivity contribution in [1.82, 2.24) is 0 Å². The Labute approximate surface area is 82.1 Å². The van der Waals surface area contributed by atoms with E-state index < -0.39 is 7.26 Å². The molecule has 0 aliphatic heterocycles. The first-order valence-corrected chi connectivity index (χ1v) is 7.24. The Morgan fingerprint density at radius 1 is 1.00 bits per heavy atom. The summed E-state index contributed by atoms with van der Waals surface area (Å²) in [6.07, 6.45) is 1.27. The van der Waals surface area contributed by atoms with Gasteiger partial charge in [0.1, 0.15) is 0 Å². The van der Waals surface area contributed by atoms with Gasteiger partial charge in [-0.3, -0.25) is 0 Å². The van der Waals surface area contributed by atoms with Gasteiger partial charge in [0.05, 0.1) is 0 Å². The van der Waals surface area contributed by atoms with E-state index in [-0.39, 0.29) is 12.4 Å². The monoisotopic (exact) mass is 203 g/mol. The predicted molar refractivity (Wildman–Crippen MR) is 62.1 cm³/mol. The molecule has 0 heterocycles. The summed E-state index contributed by atoms with van der Waals surface area (Å²) >= 11 is 0. The van der Waals surface area contributed by atoms with E-state index in [4.69, 9.17) is 0 Å². The second kappa shape index (κ2) is 4.84. The van der Waals surface area contributed by atoms with Gasteiger partial charge < -0.3 is 0 Å². The van der Waals surface area contributed by atoms with E-state index >= 15 is 0 Å². The van der Waals surface area contributed by atoms with Crippen molar-refractivity contribution < 1.29 is 0 Å². The minimum Gasteiger partial charge on any atom is -0.147 e. The third-order valence-corrected chi connectivity index (χ3v) is 2.81. The van der Waals surface area contributed by atoms with E-state index in [1.807, 2.05) is 0 Å². The lowest BCUT2D eigenvalue weighted by Gasteiger charge is -2.20. The van der Waals surface area contributed by atoms with Crippen LogP contribution in [0.4, 0.5) is 0 Å². The van der Waals surface area contributed by atoms with E-state index in [1.165, 1.54) is 11.7 Å². The quantitative estimate of drug-likeness (QED) is 0.646. The molecule has 0 spiro atoms. The molecule has 0 nitrogen and oxygen atoms in total. The summed E-state index contributed by atoms with van der Waals surface area (Å²) in [5.74, 6) is 0. The van der Waals surface area contributed by atoms with E-state index in [0.29, 0.717) is 0 Å². The van der Waals surface area contributed by atoms with Gasteiger partial charge in [-0.1, -0.05) is 30.3 Å². The average molecular weight is 204 g/mol. The van der Waals surface area contributed by atoms with Crippen molar-refractivity contribution in [3.8, 4) is 0 Å². The lowest BCUT2D eigenvalue weighted by atomic mass is 10.2. The lowest BCUT2D eigenvalue weighted by Crippen LogP contribution is -1.90. The summed E-state index contributed by atoms with van der Waals surface area (Å²) in [7, 11) is -0.638. The smallest absolute Gasteiger partial charge is 0.0114 e. The Morgan fingerprint density at radius 2 is 1.50 bits per heavy atom. The summed E-state index contributed by atoms with van der Waals surface area (Å²) in [5.41, 5.74) is 1.48. The van der Waals surface area contributed by atoms with Gasteiger partial charge in [-0.05, 0) is 31.7 Å². The summed E-state index contributed by atoms with van der Waals surface area (Å²) < 4.78 is 0. The van der Waals surface area contributed by atoms with E-state index in [2.05, 4.69) is 50.3 Å². The van der Waals surface area contributed by atoms with Crippen LogP contribution in [0.2, 0.25) is 0 Å².